The standard InChI is InChI=1S/C8H10.C5H5N.2C4H4N2.C4H4S.C3H4N2.C3H3NO.C3H3NS.7C2H6/c1-2-8-6-4-3-5-7-8;1-2-4-6-5-3-1;1-2-6-4-3-5-1;1-2-5-4-6-3-1;1-2-4-5-3-1;3*1-2-5-3-4-1;7*1-2/h3-7H,2H2,1H3;1-5H;2*1-4H;1-4H;1-3H,(H,4,5);2*1-3H;7*1-2H3. The molecule has 0 aliphatic carbocycles. The summed E-state index contributed by atoms with van der Waals surface area (Å²) in [5.74, 6) is 0. The zero-order valence-electron chi connectivity index (χ0n) is 39.4. The first-order valence-electron chi connectivity index (χ1n) is 20.8. The van der Waals surface area contributed by atoms with E-state index in [1.54, 1.807) is 115 Å². The number of thiazole rings is 1. The Balaban J connectivity index is -0.000000103. The van der Waals surface area contributed by atoms with Gasteiger partial charge in [-0.25, -0.2) is 19.9 Å². The van der Waals surface area contributed by atoms with E-state index in [4.69, 9.17) is 0 Å². The third-order valence-electron chi connectivity index (χ3n) is 4.30. The lowest BCUT2D eigenvalue weighted by atomic mass is 10.2. The highest BCUT2D eigenvalue weighted by Gasteiger charge is 1.80. The second-order valence-electron chi connectivity index (χ2n) is 7.57. The third-order valence-corrected chi connectivity index (χ3v) is 5.45. The van der Waals surface area contributed by atoms with Crippen LogP contribution in [0.2, 0.25) is 0 Å². The van der Waals surface area contributed by atoms with E-state index in [2.05, 4.69) is 80.5 Å². The molecule has 0 radical (unpaired) electrons. The molecular weight excluding hydrogens is 783 g/mol. The number of pyridine rings is 1. The van der Waals surface area contributed by atoms with Crippen molar-refractivity contribution >= 4 is 22.7 Å². The van der Waals surface area contributed by atoms with Crippen molar-refractivity contribution in [1.29, 1.82) is 0 Å². The fourth-order valence-corrected chi connectivity index (χ4v) is 3.13. The van der Waals surface area contributed by atoms with Gasteiger partial charge >= 0.3 is 0 Å². The molecule has 0 saturated heterocycles. The molecule has 0 saturated carbocycles. The number of nitrogens with one attached hydrogen (secondary N) is 1. The molecule has 0 unspecified atom stereocenters. The van der Waals surface area contributed by atoms with Crippen LogP contribution in [0.5, 0.6) is 0 Å². The molecule has 8 aromatic rings. The number of rotatable bonds is 1. The number of hydrogen-bond donors (Lipinski definition) is 1. The van der Waals surface area contributed by atoms with E-state index in [0.717, 1.165) is 6.42 Å². The second kappa shape index (κ2) is 85.5. The second-order valence-corrected chi connectivity index (χ2v) is 9.14. The smallest absolute Gasteiger partial charge is 0.180 e. The van der Waals surface area contributed by atoms with Gasteiger partial charge in [-0.15, -0.1) is 11.3 Å². The highest BCUT2D eigenvalue weighted by Crippen LogP contribution is 1.97. The molecule has 60 heavy (non-hydrogen) atoms. The normalized spacial score (nSPS) is 6.98. The molecule has 7 heterocycles. The molecule has 7 aromatic heterocycles. The number of aryl methyl sites for hydroxylation is 1. The van der Waals surface area contributed by atoms with Crippen LogP contribution in [0.25, 0.3) is 0 Å². The number of H-pyrrole nitrogens is 1. The Morgan fingerprint density at radius 1 is 0.433 bits per heavy atom. The monoisotopic (exact) mass is 862 g/mol. The Kier molecular flexibility index (Phi) is 98.2. The molecule has 0 aliphatic rings. The van der Waals surface area contributed by atoms with Gasteiger partial charge in [-0.05, 0) is 40.9 Å². The van der Waals surface area contributed by atoms with E-state index >= 15 is 0 Å². The fraction of sp³-hybridized carbons (Fsp3) is 0.333. The number of hydrogen-bond acceptors (Lipinski definition) is 11. The van der Waals surface area contributed by atoms with Crippen molar-refractivity contribution in [1.82, 2.24) is 44.9 Å². The molecule has 334 valence electrons. The number of nitrogens with zero attached hydrogens (tertiary/aromatic N) is 8. The van der Waals surface area contributed by atoms with Crippen molar-refractivity contribution in [2.75, 3.05) is 0 Å². The number of thiophene rings is 1. The zero-order chi connectivity index (χ0) is 46.7. The minimum Gasteiger partial charge on any atom is -0.452 e. The molecule has 0 fully saturated rings. The van der Waals surface area contributed by atoms with Crippen LogP contribution in [0.15, 0.2) is 192 Å². The van der Waals surface area contributed by atoms with Gasteiger partial charge in [0.05, 0.1) is 18.0 Å². The van der Waals surface area contributed by atoms with E-state index in [-0.39, 0.29) is 0 Å². The molecule has 1 N–H and O–H groups in total. The SMILES string of the molecule is CC.CC.CC.CC.CC.CC.CC.CCc1ccccc1.c1c[nH]cn1.c1ccncc1.c1ccsc1.c1cnccn1.c1cncnc1.c1cocn1.c1cscn1. The summed E-state index contributed by atoms with van der Waals surface area (Å²) < 4.78 is 4.47. The Morgan fingerprint density at radius 2 is 0.933 bits per heavy atom. The molecule has 0 bridgehead atoms. The highest BCUT2D eigenvalue weighted by atomic mass is 32.1. The summed E-state index contributed by atoms with van der Waals surface area (Å²) in [5, 5.41) is 6.01. The van der Waals surface area contributed by atoms with E-state index in [1.807, 2.05) is 149 Å². The minimum absolute atomic E-state index is 1.14. The van der Waals surface area contributed by atoms with Crippen LogP contribution < -0.4 is 0 Å². The Hall–Kier alpha value is -5.72. The van der Waals surface area contributed by atoms with Crippen molar-refractivity contribution in [3.63, 3.8) is 0 Å². The van der Waals surface area contributed by atoms with Crippen LogP contribution >= 0.6 is 22.7 Å². The predicted octanol–water partition coefficient (Wildman–Crippen LogP) is 15.4. The van der Waals surface area contributed by atoms with Crippen LogP contribution in [-0.4, -0.2) is 44.9 Å². The van der Waals surface area contributed by atoms with Gasteiger partial charge in [-0.2, -0.15) is 11.3 Å². The van der Waals surface area contributed by atoms with Crippen LogP contribution in [0.1, 0.15) is 109 Å². The molecule has 1 aromatic carbocycles. The van der Waals surface area contributed by atoms with Crippen molar-refractivity contribution in [2.24, 2.45) is 0 Å². The molecular formula is C48H79N9OS2. The number of aromatic amines is 1. The lowest BCUT2D eigenvalue weighted by molar-refractivity contribution is 0.558. The summed E-state index contributed by atoms with van der Waals surface area (Å²) in [5.41, 5.74) is 3.20. The van der Waals surface area contributed by atoms with Crippen molar-refractivity contribution in [2.45, 2.75) is 110 Å². The van der Waals surface area contributed by atoms with Gasteiger partial charge in [0.15, 0.2) is 6.39 Å². The zero-order valence-corrected chi connectivity index (χ0v) is 41.0. The molecule has 12 heteroatoms. The van der Waals surface area contributed by atoms with Crippen molar-refractivity contribution < 1.29 is 4.42 Å². The van der Waals surface area contributed by atoms with Crippen LogP contribution in [0.4, 0.5) is 0 Å². The van der Waals surface area contributed by atoms with Crippen molar-refractivity contribution in [3.8, 4) is 0 Å². The lowest BCUT2D eigenvalue weighted by Crippen LogP contribution is -1.73. The molecule has 8 rings (SSSR count). The number of aromatic nitrogens is 9. The third kappa shape index (κ3) is 76.9. The summed E-state index contributed by atoms with van der Waals surface area (Å²) in [7, 11) is 0. The summed E-state index contributed by atoms with van der Waals surface area (Å²) in [6, 6.07) is 22.0. The van der Waals surface area contributed by atoms with E-state index in [0.29, 0.717) is 0 Å². The van der Waals surface area contributed by atoms with Gasteiger partial charge in [-0.3, -0.25) is 19.9 Å². The Morgan fingerprint density at radius 3 is 1.10 bits per heavy atom. The average molecular weight is 862 g/mol. The van der Waals surface area contributed by atoms with Gasteiger partial charge in [-0.1, -0.05) is 152 Å². The van der Waals surface area contributed by atoms with E-state index in [1.165, 1.54) is 24.5 Å². The quantitative estimate of drug-likeness (QED) is 0.171. The van der Waals surface area contributed by atoms with Crippen LogP contribution in [0, 0.1) is 0 Å². The maximum atomic E-state index is 4.47. The molecule has 10 nitrogen and oxygen atoms in total. The summed E-state index contributed by atoms with van der Waals surface area (Å²) in [4.78, 5) is 32.3. The Labute approximate surface area is 374 Å². The first-order chi connectivity index (χ1) is 29.9. The first-order valence-corrected chi connectivity index (χ1v) is 22.6. The molecule has 0 aliphatic heterocycles. The lowest BCUT2D eigenvalue weighted by Gasteiger charge is -1.89. The highest BCUT2D eigenvalue weighted by molar-refractivity contribution is 7.07. The Bertz CT molecular complexity index is 1170. The summed E-state index contributed by atoms with van der Waals surface area (Å²) in [6.07, 6.45) is 27.4. The van der Waals surface area contributed by atoms with E-state index in [9.17, 15) is 0 Å². The molecule has 0 amide bonds. The largest absolute Gasteiger partial charge is 0.452 e. The van der Waals surface area contributed by atoms with Crippen molar-refractivity contribution in [3.05, 3.63) is 194 Å². The van der Waals surface area contributed by atoms with Gasteiger partial charge in [0, 0.05) is 73.5 Å². The maximum absolute atomic E-state index is 4.47. The van der Waals surface area contributed by atoms with Crippen LogP contribution in [-0.2, 0) is 6.42 Å². The summed E-state index contributed by atoms with van der Waals surface area (Å²) >= 11 is 3.31. The van der Waals surface area contributed by atoms with Gasteiger partial charge in [0.2, 0.25) is 0 Å². The van der Waals surface area contributed by atoms with Crippen LogP contribution in [0.3, 0.4) is 0 Å². The molecule has 0 atom stereocenters. The fourth-order valence-electron chi connectivity index (χ4n) is 2.33. The maximum Gasteiger partial charge on any atom is 0.180 e. The summed E-state index contributed by atoms with van der Waals surface area (Å²) in [6.45, 7) is 30.2. The number of oxazole rings is 1. The first kappa shape index (κ1) is 68.9. The average Bonchev–Trinajstić information content (AvgIpc) is 4.27. The van der Waals surface area contributed by atoms with Gasteiger partial charge in [0.25, 0.3) is 0 Å². The topological polar surface area (TPSA) is 132 Å². The predicted molar refractivity (Wildman–Crippen MR) is 265 cm³/mol. The van der Waals surface area contributed by atoms with Gasteiger partial charge < -0.3 is 9.40 Å². The van der Waals surface area contributed by atoms with E-state index < -0.39 is 0 Å². The minimum atomic E-state index is 1.14. The molecule has 0 spiro atoms. The van der Waals surface area contributed by atoms with Gasteiger partial charge in [0.1, 0.15) is 12.6 Å². The number of imidazole rings is 1. The number of benzene rings is 1.